The molecule has 1 aromatic carbocycles. The van der Waals surface area contributed by atoms with E-state index in [1.54, 1.807) is 0 Å². The van der Waals surface area contributed by atoms with Crippen molar-refractivity contribution in [3.05, 3.63) is 33.8 Å². The lowest BCUT2D eigenvalue weighted by Gasteiger charge is -2.42. The molecule has 0 unspecified atom stereocenters. The lowest BCUT2D eigenvalue weighted by molar-refractivity contribution is -0.00849. The van der Waals surface area contributed by atoms with Gasteiger partial charge in [0.1, 0.15) is 0 Å². The largest absolute Gasteiger partial charge is 0.379 e. The van der Waals surface area contributed by atoms with Gasteiger partial charge in [0.25, 0.3) is 0 Å². The quantitative estimate of drug-likeness (QED) is 0.778. The number of hydrogen-bond acceptors (Lipinski definition) is 2. The lowest BCUT2D eigenvalue weighted by Crippen LogP contribution is -2.48. The molecule has 2 fully saturated rings. The third-order valence-electron chi connectivity index (χ3n) is 5.17. The van der Waals surface area contributed by atoms with Crippen molar-refractivity contribution in [2.75, 3.05) is 26.3 Å². The fourth-order valence-corrected chi connectivity index (χ4v) is 4.28. The summed E-state index contributed by atoms with van der Waals surface area (Å²) < 4.78 is 5.51. The maximum atomic E-state index is 6.13. The van der Waals surface area contributed by atoms with Crippen molar-refractivity contribution in [1.82, 2.24) is 4.90 Å². The molecule has 0 spiro atoms. The number of hydrogen-bond donors (Lipinski definition) is 0. The van der Waals surface area contributed by atoms with E-state index >= 15 is 0 Å². The van der Waals surface area contributed by atoms with Crippen LogP contribution in [0.15, 0.2) is 18.2 Å². The first kappa shape index (κ1) is 16.6. The first-order chi connectivity index (χ1) is 10.7. The van der Waals surface area contributed by atoms with Gasteiger partial charge in [-0.2, -0.15) is 0 Å². The van der Waals surface area contributed by atoms with Crippen LogP contribution in [0.5, 0.6) is 0 Å². The molecule has 0 amide bonds. The molecule has 22 heavy (non-hydrogen) atoms. The Balaban J connectivity index is 1.59. The van der Waals surface area contributed by atoms with E-state index in [0.29, 0.717) is 10.0 Å². The van der Waals surface area contributed by atoms with Crippen molar-refractivity contribution in [2.45, 2.75) is 44.6 Å². The Bertz CT molecular complexity index is 488. The third-order valence-corrected chi connectivity index (χ3v) is 5.91. The molecule has 0 bridgehead atoms. The molecular formula is C18H25Cl2NO. The summed E-state index contributed by atoms with van der Waals surface area (Å²) in [5, 5.41) is 1.32. The van der Waals surface area contributed by atoms with Gasteiger partial charge in [-0.15, -0.1) is 0 Å². The highest BCUT2D eigenvalue weighted by molar-refractivity contribution is 6.42. The monoisotopic (exact) mass is 341 g/mol. The van der Waals surface area contributed by atoms with Crippen LogP contribution in [0.2, 0.25) is 10.0 Å². The molecule has 1 aliphatic carbocycles. The minimum absolute atomic E-state index is 0.647. The summed E-state index contributed by atoms with van der Waals surface area (Å²) in [6, 6.07) is 6.80. The summed E-state index contributed by atoms with van der Waals surface area (Å²) in [6.45, 7) is 4.01. The Labute approximate surface area is 143 Å². The molecule has 1 heterocycles. The van der Waals surface area contributed by atoms with Crippen molar-refractivity contribution in [3.8, 4) is 0 Å². The van der Waals surface area contributed by atoms with Gasteiger partial charge in [0.2, 0.25) is 0 Å². The minimum Gasteiger partial charge on any atom is -0.379 e. The first-order valence-corrected chi connectivity index (χ1v) is 9.25. The van der Waals surface area contributed by atoms with Gasteiger partial charge in [0, 0.05) is 19.1 Å². The average Bonchev–Trinajstić information content (AvgIpc) is 2.57. The van der Waals surface area contributed by atoms with Crippen LogP contribution < -0.4 is 0 Å². The number of halogens is 2. The molecule has 3 rings (SSSR count). The van der Waals surface area contributed by atoms with Crippen LogP contribution in [0.25, 0.3) is 0 Å². The smallest absolute Gasteiger partial charge is 0.0595 e. The highest BCUT2D eigenvalue weighted by Crippen LogP contribution is 2.33. The third kappa shape index (κ3) is 4.17. The Morgan fingerprint density at radius 2 is 1.82 bits per heavy atom. The highest BCUT2D eigenvalue weighted by atomic mass is 35.5. The van der Waals surface area contributed by atoms with Crippen LogP contribution in [-0.2, 0) is 11.2 Å². The normalized spacial score (nSPS) is 27.0. The number of benzene rings is 1. The molecule has 0 radical (unpaired) electrons. The second-order valence-electron chi connectivity index (χ2n) is 6.55. The standard InChI is InChI=1S/C18H25Cl2NO/c19-16-8-6-14(13-17(16)20)5-7-15-3-1-2-4-18(15)21-9-11-22-12-10-21/h6,8,13,15,18H,1-5,7,9-12H2/t15-,18-/m0/s1. The Morgan fingerprint density at radius 1 is 1.05 bits per heavy atom. The number of aryl methyl sites for hydroxylation is 1. The number of rotatable bonds is 4. The number of nitrogens with zero attached hydrogens (tertiary/aromatic N) is 1. The summed E-state index contributed by atoms with van der Waals surface area (Å²) in [4.78, 5) is 2.67. The SMILES string of the molecule is Clc1ccc(CC[C@@H]2CCCC[C@@H]2N2CCOCC2)cc1Cl. The highest BCUT2D eigenvalue weighted by Gasteiger charge is 2.30. The fourth-order valence-electron chi connectivity index (χ4n) is 3.96. The summed E-state index contributed by atoms with van der Waals surface area (Å²) >= 11 is 12.1. The van der Waals surface area contributed by atoms with Gasteiger partial charge in [-0.05, 0) is 49.3 Å². The zero-order valence-electron chi connectivity index (χ0n) is 13.1. The maximum Gasteiger partial charge on any atom is 0.0595 e. The van der Waals surface area contributed by atoms with Gasteiger partial charge < -0.3 is 4.74 Å². The van der Waals surface area contributed by atoms with E-state index in [-0.39, 0.29) is 0 Å². The van der Waals surface area contributed by atoms with E-state index < -0.39 is 0 Å². The van der Waals surface area contributed by atoms with Gasteiger partial charge in [-0.3, -0.25) is 4.90 Å². The van der Waals surface area contributed by atoms with Crippen LogP contribution in [0.3, 0.4) is 0 Å². The lowest BCUT2D eigenvalue weighted by atomic mass is 9.80. The molecule has 2 aliphatic rings. The van der Waals surface area contributed by atoms with Gasteiger partial charge >= 0.3 is 0 Å². The first-order valence-electron chi connectivity index (χ1n) is 8.50. The molecule has 0 N–H and O–H groups in total. The van der Waals surface area contributed by atoms with E-state index in [4.69, 9.17) is 27.9 Å². The predicted octanol–water partition coefficient (Wildman–Crippen LogP) is 4.82. The molecule has 1 saturated carbocycles. The molecule has 2 atom stereocenters. The Hall–Kier alpha value is -0.280. The van der Waals surface area contributed by atoms with Gasteiger partial charge in [-0.1, -0.05) is 42.1 Å². The molecule has 0 aromatic heterocycles. The van der Waals surface area contributed by atoms with Crippen molar-refractivity contribution >= 4 is 23.2 Å². The zero-order chi connectivity index (χ0) is 15.4. The topological polar surface area (TPSA) is 12.5 Å². The van der Waals surface area contributed by atoms with Crippen LogP contribution in [-0.4, -0.2) is 37.2 Å². The predicted molar refractivity (Wildman–Crippen MR) is 92.9 cm³/mol. The summed E-state index contributed by atoms with van der Waals surface area (Å²) in [5.41, 5.74) is 1.31. The average molecular weight is 342 g/mol. The molecule has 1 saturated heterocycles. The Kier molecular flexibility index (Phi) is 6.03. The van der Waals surface area contributed by atoms with E-state index in [2.05, 4.69) is 11.0 Å². The van der Waals surface area contributed by atoms with Crippen molar-refractivity contribution in [2.24, 2.45) is 5.92 Å². The molecule has 1 aromatic rings. The van der Waals surface area contributed by atoms with Crippen LogP contribution in [0.1, 0.15) is 37.7 Å². The maximum absolute atomic E-state index is 6.13. The zero-order valence-corrected chi connectivity index (χ0v) is 14.6. The molecule has 2 nitrogen and oxygen atoms in total. The fraction of sp³-hybridized carbons (Fsp3) is 0.667. The van der Waals surface area contributed by atoms with Crippen LogP contribution >= 0.6 is 23.2 Å². The van der Waals surface area contributed by atoms with E-state index in [1.165, 1.54) is 37.7 Å². The van der Waals surface area contributed by atoms with E-state index in [0.717, 1.165) is 44.7 Å². The molecule has 122 valence electrons. The van der Waals surface area contributed by atoms with Gasteiger partial charge in [-0.25, -0.2) is 0 Å². The molecule has 4 heteroatoms. The second kappa shape index (κ2) is 8.01. The van der Waals surface area contributed by atoms with Crippen LogP contribution in [0, 0.1) is 5.92 Å². The number of ether oxygens (including phenoxy) is 1. The summed E-state index contributed by atoms with van der Waals surface area (Å²) in [5.74, 6) is 0.807. The van der Waals surface area contributed by atoms with E-state index in [1.807, 2.05) is 12.1 Å². The van der Waals surface area contributed by atoms with Gasteiger partial charge in [0.15, 0.2) is 0 Å². The number of morpholine rings is 1. The summed E-state index contributed by atoms with van der Waals surface area (Å²) in [6.07, 6.45) is 7.83. The van der Waals surface area contributed by atoms with Crippen molar-refractivity contribution < 1.29 is 4.74 Å². The molecular weight excluding hydrogens is 317 g/mol. The van der Waals surface area contributed by atoms with Crippen LogP contribution in [0.4, 0.5) is 0 Å². The van der Waals surface area contributed by atoms with Crippen molar-refractivity contribution in [1.29, 1.82) is 0 Å². The Morgan fingerprint density at radius 3 is 2.59 bits per heavy atom. The minimum atomic E-state index is 0.647. The second-order valence-corrected chi connectivity index (χ2v) is 7.36. The van der Waals surface area contributed by atoms with E-state index in [9.17, 15) is 0 Å². The summed E-state index contributed by atoms with van der Waals surface area (Å²) in [7, 11) is 0. The molecule has 1 aliphatic heterocycles. The van der Waals surface area contributed by atoms with Crippen molar-refractivity contribution in [3.63, 3.8) is 0 Å². The van der Waals surface area contributed by atoms with Gasteiger partial charge in [0.05, 0.1) is 23.3 Å².